The van der Waals surface area contributed by atoms with Gasteiger partial charge in [0, 0.05) is 6.42 Å². The Morgan fingerprint density at radius 1 is 0.346 bits per heavy atom. The molecule has 2 aliphatic heterocycles. The minimum Gasteiger partial charge on any atom is -0.394 e. The fourth-order valence-corrected chi connectivity index (χ4v) is 14.4. The van der Waals surface area contributed by atoms with Crippen molar-refractivity contribution in [3.8, 4) is 0 Å². The second-order valence-electron chi connectivity index (χ2n) is 31.0. The summed E-state index contributed by atoms with van der Waals surface area (Å²) in [6.45, 7) is 2.82. The van der Waals surface area contributed by atoms with Gasteiger partial charge in [-0.25, -0.2) is 0 Å². The van der Waals surface area contributed by atoms with Crippen molar-refractivity contribution in [2.45, 2.75) is 473 Å². The summed E-state index contributed by atoms with van der Waals surface area (Å²) in [5.74, 6) is -0.247. The van der Waals surface area contributed by atoms with Gasteiger partial charge >= 0.3 is 0 Å². The van der Waals surface area contributed by atoms with E-state index < -0.39 is 86.8 Å². The zero-order valence-electron chi connectivity index (χ0n) is 67.0. The van der Waals surface area contributed by atoms with E-state index in [9.17, 15) is 45.6 Å². The highest BCUT2D eigenvalue weighted by Gasteiger charge is 2.51. The first-order valence-electron chi connectivity index (χ1n) is 44.2. The van der Waals surface area contributed by atoms with E-state index in [1.807, 2.05) is 6.08 Å². The quantitative estimate of drug-likeness (QED) is 0.0204. The SMILES string of the molecule is CCCCCCC/C=C\C/C=C\C/C=C\CCCCCCCCCCCCCCCCCCCCCCCCCCC(=O)NC(COC1OC(CO)C(OC2OC(CO)C(O)C(O)C2O)C(O)C1O)C(O)/C=C/CC/C=C/CC/C=C/CCCCCCCCCCCCCCCCCCCCCCC. The molecule has 12 atom stereocenters. The van der Waals surface area contributed by atoms with Gasteiger partial charge in [-0.2, -0.15) is 0 Å². The van der Waals surface area contributed by atoms with Gasteiger partial charge in [-0.3, -0.25) is 4.79 Å². The normalized spacial score (nSPS) is 21.8. The molecule has 0 spiro atoms. The lowest BCUT2D eigenvalue weighted by atomic mass is 9.97. The predicted molar refractivity (Wildman–Crippen MR) is 433 cm³/mol. The van der Waals surface area contributed by atoms with E-state index in [-0.39, 0.29) is 18.9 Å². The second kappa shape index (κ2) is 73.2. The minimum atomic E-state index is -1.80. The Hall–Kier alpha value is -2.57. The highest BCUT2D eigenvalue weighted by atomic mass is 16.7. The van der Waals surface area contributed by atoms with Crippen LogP contribution in [0.5, 0.6) is 0 Å². The van der Waals surface area contributed by atoms with Crippen LogP contribution in [0.1, 0.15) is 399 Å². The third-order valence-corrected chi connectivity index (χ3v) is 21.3. The maximum atomic E-state index is 13.4. The third kappa shape index (κ3) is 54.9. The molecule has 2 fully saturated rings. The van der Waals surface area contributed by atoms with E-state index in [4.69, 9.17) is 18.9 Å². The Kier molecular flexibility index (Phi) is 68.7. The summed E-state index contributed by atoms with van der Waals surface area (Å²) >= 11 is 0. The maximum absolute atomic E-state index is 13.4. The fourth-order valence-electron chi connectivity index (χ4n) is 14.4. The lowest BCUT2D eigenvalue weighted by molar-refractivity contribution is -0.359. The smallest absolute Gasteiger partial charge is 0.220 e. The Balaban J connectivity index is 1.58. The zero-order chi connectivity index (χ0) is 75.1. The van der Waals surface area contributed by atoms with E-state index >= 15 is 0 Å². The number of carbonyl (C=O) groups excluding carboxylic acids is 1. The van der Waals surface area contributed by atoms with Gasteiger partial charge in [-0.05, 0) is 83.5 Å². The molecule has 0 saturated carbocycles. The summed E-state index contributed by atoms with van der Waals surface area (Å²) in [6, 6.07) is -0.942. The molecular weight excluding hydrogens is 1300 g/mol. The predicted octanol–water partition coefficient (Wildman–Crippen LogP) is 21.3. The molecule has 2 saturated heterocycles. The van der Waals surface area contributed by atoms with Gasteiger partial charge in [0.15, 0.2) is 12.6 Å². The highest BCUT2D eigenvalue weighted by molar-refractivity contribution is 5.76. The zero-order valence-corrected chi connectivity index (χ0v) is 67.0. The summed E-state index contributed by atoms with van der Waals surface area (Å²) in [4.78, 5) is 13.4. The van der Waals surface area contributed by atoms with Gasteiger partial charge in [-0.1, -0.05) is 382 Å². The molecule has 104 heavy (non-hydrogen) atoms. The molecule has 0 aromatic carbocycles. The van der Waals surface area contributed by atoms with Crippen LogP contribution in [-0.4, -0.2) is 140 Å². The van der Waals surface area contributed by atoms with Gasteiger partial charge in [0.2, 0.25) is 5.91 Å². The molecule has 0 aromatic rings. The van der Waals surface area contributed by atoms with E-state index in [2.05, 4.69) is 79.9 Å². The second-order valence-corrected chi connectivity index (χ2v) is 31.0. The minimum absolute atomic E-state index is 0.247. The number of hydrogen-bond donors (Lipinski definition) is 9. The molecule has 0 radical (unpaired) electrons. The average Bonchev–Trinajstić information content (AvgIpc) is 0.791. The number of rotatable bonds is 75. The third-order valence-electron chi connectivity index (χ3n) is 21.3. The van der Waals surface area contributed by atoms with Crippen LogP contribution in [0.15, 0.2) is 72.9 Å². The summed E-state index contributed by atoms with van der Waals surface area (Å²) < 4.78 is 22.9. The van der Waals surface area contributed by atoms with Crippen molar-refractivity contribution in [2.24, 2.45) is 0 Å². The number of hydrogen-bond acceptors (Lipinski definition) is 13. The van der Waals surface area contributed by atoms with Crippen LogP contribution in [-0.2, 0) is 23.7 Å². The van der Waals surface area contributed by atoms with Gasteiger partial charge in [0.05, 0.1) is 32.0 Å². The number of aliphatic hydroxyl groups excluding tert-OH is 8. The number of allylic oxidation sites excluding steroid dienone is 11. The molecule has 2 aliphatic rings. The number of amides is 1. The summed E-state index contributed by atoms with van der Waals surface area (Å²) in [7, 11) is 0. The number of nitrogens with one attached hydrogen (secondary N) is 1. The van der Waals surface area contributed by atoms with Crippen molar-refractivity contribution in [1.29, 1.82) is 0 Å². The Labute approximate surface area is 638 Å². The standard InChI is InChI=1S/C90H165NO13/c1-3-5-7-9-11-13-15-17-19-21-23-25-27-29-31-33-35-36-37-38-39-40-41-42-44-46-48-50-52-54-56-58-60-62-64-66-68-70-72-74-82(95)91-78(77-101-89-87(100)85(98)88(81(76-93)103-89)104-90-86(99)84(97)83(96)80(75-92)102-90)79(94)73-71-69-67-65-63-61-59-57-55-53-51-49-47-45-43-34-32-30-28-26-24-22-20-18-16-14-12-10-8-6-4-2/h15,17,21,23,27,29,55,57,63,65,71,73,78-81,83-90,92-94,96-100H,3-14,16,18-20,22,24-26,28,30-54,56,58-62,64,66-70,72,74-77H2,1-2H3,(H,91,95)/b17-15-,23-21-,29-27-,57-55+,65-63+,73-71+. The van der Waals surface area contributed by atoms with Gasteiger partial charge < -0.3 is 65.1 Å². The Morgan fingerprint density at radius 3 is 1.01 bits per heavy atom. The number of carbonyl (C=O) groups is 1. The van der Waals surface area contributed by atoms with E-state index in [1.54, 1.807) is 6.08 Å². The topological polar surface area (TPSA) is 228 Å². The van der Waals surface area contributed by atoms with Crippen LogP contribution < -0.4 is 5.32 Å². The molecule has 2 heterocycles. The maximum Gasteiger partial charge on any atom is 0.220 e. The summed E-state index contributed by atoms with van der Waals surface area (Å²) in [5, 5.41) is 87.8. The number of aliphatic hydroxyl groups is 8. The average molecular weight is 1470 g/mol. The first kappa shape index (κ1) is 97.5. The first-order valence-corrected chi connectivity index (χ1v) is 44.2. The Bertz CT molecular complexity index is 2030. The molecule has 9 N–H and O–H groups in total. The first-order chi connectivity index (χ1) is 51.1. The van der Waals surface area contributed by atoms with Crippen LogP contribution in [0.4, 0.5) is 0 Å². The van der Waals surface area contributed by atoms with Gasteiger partial charge in [0.25, 0.3) is 0 Å². The number of unbranched alkanes of at least 4 members (excludes halogenated alkanes) is 52. The van der Waals surface area contributed by atoms with Crippen molar-refractivity contribution in [3.05, 3.63) is 72.9 Å². The largest absolute Gasteiger partial charge is 0.394 e. The van der Waals surface area contributed by atoms with Gasteiger partial charge in [-0.15, -0.1) is 0 Å². The van der Waals surface area contributed by atoms with Crippen LogP contribution in [0.2, 0.25) is 0 Å². The molecule has 0 aromatic heterocycles. The highest BCUT2D eigenvalue weighted by Crippen LogP contribution is 2.30. The van der Waals surface area contributed by atoms with Crippen molar-refractivity contribution in [3.63, 3.8) is 0 Å². The summed E-state index contributed by atoms with van der Waals surface area (Å²) in [6.07, 6.45) is 85.9. The van der Waals surface area contributed by atoms with Crippen molar-refractivity contribution in [2.75, 3.05) is 19.8 Å². The lowest BCUT2D eigenvalue weighted by Crippen LogP contribution is -2.65. The van der Waals surface area contributed by atoms with Crippen LogP contribution in [0.3, 0.4) is 0 Å². The monoisotopic (exact) mass is 1470 g/mol. The fraction of sp³-hybridized carbons (Fsp3) is 0.856. The van der Waals surface area contributed by atoms with Crippen molar-refractivity contribution in [1.82, 2.24) is 5.32 Å². The molecule has 0 bridgehead atoms. The molecule has 2 rings (SSSR count). The Morgan fingerprint density at radius 2 is 0.644 bits per heavy atom. The van der Waals surface area contributed by atoms with Crippen molar-refractivity contribution >= 4 is 5.91 Å². The van der Waals surface area contributed by atoms with Crippen LogP contribution in [0, 0.1) is 0 Å². The molecule has 14 heteroatoms. The molecule has 14 nitrogen and oxygen atoms in total. The van der Waals surface area contributed by atoms with Crippen molar-refractivity contribution < 1.29 is 64.6 Å². The lowest BCUT2D eigenvalue weighted by Gasteiger charge is -2.46. The van der Waals surface area contributed by atoms with Gasteiger partial charge in [0.1, 0.15) is 48.8 Å². The molecule has 1 amide bonds. The molecule has 0 aliphatic carbocycles. The molecule has 12 unspecified atom stereocenters. The molecule has 608 valence electrons. The molecular formula is C90H165NO13. The van der Waals surface area contributed by atoms with E-state index in [1.165, 1.54) is 308 Å². The number of ether oxygens (including phenoxy) is 4. The van der Waals surface area contributed by atoms with Crippen LogP contribution >= 0.6 is 0 Å². The van der Waals surface area contributed by atoms with E-state index in [0.29, 0.717) is 12.8 Å². The summed E-state index contributed by atoms with van der Waals surface area (Å²) in [5.41, 5.74) is 0. The van der Waals surface area contributed by atoms with Crippen LogP contribution in [0.25, 0.3) is 0 Å². The van der Waals surface area contributed by atoms with E-state index in [0.717, 1.165) is 57.8 Å².